The molecule has 7 nitrogen and oxygen atoms in total. The molecule has 1 aliphatic heterocycles. The van der Waals surface area contributed by atoms with Gasteiger partial charge in [-0.3, -0.25) is 4.79 Å². The number of aromatic nitrogens is 1. The fourth-order valence-electron chi connectivity index (χ4n) is 4.74. The van der Waals surface area contributed by atoms with E-state index >= 15 is 0 Å². The highest BCUT2D eigenvalue weighted by Gasteiger charge is 2.55. The Labute approximate surface area is 211 Å². The number of carboxylic acids is 1. The molecule has 0 aliphatic carbocycles. The molecular weight excluding hydrogens is 464 g/mol. The van der Waals surface area contributed by atoms with Gasteiger partial charge in [0, 0.05) is 23.7 Å². The number of rotatable bonds is 9. The van der Waals surface area contributed by atoms with Gasteiger partial charge in [-0.15, -0.1) is 11.3 Å². The molecule has 2 atom stereocenters. The molecule has 1 aliphatic rings. The topological polar surface area (TPSA) is 89.0 Å². The number of hydrogen-bond donors (Lipinski definition) is 1. The lowest BCUT2D eigenvalue weighted by atomic mass is 9.85. The maximum Gasteiger partial charge on any atom is 0.333 e. The molecule has 1 N–H and O–H groups in total. The van der Waals surface area contributed by atoms with E-state index in [2.05, 4.69) is 25.8 Å². The molecule has 8 heteroatoms. The number of benzene rings is 1. The molecule has 3 rings (SSSR count). The quantitative estimate of drug-likeness (QED) is 0.459. The van der Waals surface area contributed by atoms with E-state index in [9.17, 15) is 14.7 Å². The van der Waals surface area contributed by atoms with E-state index in [1.165, 1.54) is 16.2 Å². The molecule has 1 aromatic carbocycles. The Morgan fingerprint density at radius 3 is 2.51 bits per heavy atom. The summed E-state index contributed by atoms with van der Waals surface area (Å²) in [6, 6.07) is 4.73. The van der Waals surface area contributed by atoms with Gasteiger partial charge in [0.2, 0.25) is 0 Å². The van der Waals surface area contributed by atoms with Gasteiger partial charge in [-0.2, -0.15) is 0 Å². The van der Waals surface area contributed by atoms with Crippen LogP contribution in [0.25, 0.3) is 0 Å². The van der Waals surface area contributed by atoms with Crippen LogP contribution in [-0.2, 0) is 14.9 Å². The minimum Gasteiger partial charge on any atom is -0.496 e. The molecule has 0 radical (unpaired) electrons. The molecule has 1 aromatic heterocycles. The summed E-state index contributed by atoms with van der Waals surface area (Å²) in [6.07, 6.45) is 3.66. The molecule has 0 spiro atoms. The number of aliphatic carboxylic acids is 1. The van der Waals surface area contributed by atoms with Crippen LogP contribution in [0.3, 0.4) is 0 Å². The van der Waals surface area contributed by atoms with E-state index in [1.54, 1.807) is 31.5 Å². The Hall–Kier alpha value is -2.71. The van der Waals surface area contributed by atoms with Gasteiger partial charge in [-0.25, -0.2) is 9.78 Å². The molecule has 1 amide bonds. The fraction of sp³-hybridized carbons (Fsp3) is 0.519. The van der Waals surface area contributed by atoms with Crippen molar-refractivity contribution in [1.82, 2.24) is 9.88 Å². The highest BCUT2D eigenvalue weighted by molar-refractivity contribution is 7.09. The van der Waals surface area contributed by atoms with Gasteiger partial charge in [-0.05, 0) is 54.0 Å². The number of methoxy groups -OCH3 is 1. The van der Waals surface area contributed by atoms with Gasteiger partial charge in [-0.1, -0.05) is 40.7 Å². The largest absolute Gasteiger partial charge is 0.496 e. The van der Waals surface area contributed by atoms with E-state index in [0.29, 0.717) is 22.9 Å². The van der Waals surface area contributed by atoms with Gasteiger partial charge >= 0.3 is 5.97 Å². The monoisotopic (exact) mass is 500 g/mol. The van der Waals surface area contributed by atoms with E-state index in [0.717, 1.165) is 11.1 Å². The van der Waals surface area contributed by atoms with Crippen LogP contribution in [0.5, 0.6) is 5.75 Å². The van der Waals surface area contributed by atoms with Crippen molar-refractivity contribution in [2.45, 2.75) is 65.0 Å². The van der Waals surface area contributed by atoms with E-state index < -0.39 is 17.6 Å². The van der Waals surface area contributed by atoms with Gasteiger partial charge in [0.05, 0.1) is 13.7 Å². The van der Waals surface area contributed by atoms with Gasteiger partial charge in [0.1, 0.15) is 16.8 Å². The van der Waals surface area contributed by atoms with Crippen LogP contribution in [-0.4, -0.2) is 52.7 Å². The maximum absolute atomic E-state index is 14.2. The zero-order valence-corrected chi connectivity index (χ0v) is 22.4. The second-order valence-corrected chi connectivity index (χ2v) is 11.2. The molecular formula is C27H36N2O5S. The first-order chi connectivity index (χ1) is 16.5. The van der Waals surface area contributed by atoms with Gasteiger partial charge in [0.15, 0.2) is 5.54 Å². The normalized spacial score (nSPS) is 20.3. The van der Waals surface area contributed by atoms with Crippen LogP contribution < -0.4 is 4.74 Å². The highest BCUT2D eigenvalue weighted by Crippen LogP contribution is 2.47. The second kappa shape index (κ2) is 10.5. The summed E-state index contributed by atoms with van der Waals surface area (Å²) in [6.45, 7) is 12.7. The number of carbonyl (C=O) groups excluding carboxylic acids is 1. The molecule has 2 aromatic rings. The Balaban J connectivity index is 2.21. The zero-order chi connectivity index (χ0) is 26.0. The first kappa shape index (κ1) is 26.9. The average molecular weight is 501 g/mol. The molecule has 0 bridgehead atoms. The Morgan fingerprint density at radius 1 is 1.29 bits per heavy atom. The van der Waals surface area contributed by atoms with Crippen molar-refractivity contribution in [3.63, 3.8) is 0 Å². The maximum atomic E-state index is 14.2. The number of carbonyl (C=O) groups is 2. The summed E-state index contributed by atoms with van der Waals surface area (Å²) in [5, 5.41) is 13.1. The minimum absolute atomic E-state index is 0.0267. The average Bonchev–Trinajstić information content (AvgIpc) is 3.42. The van der Waals surface area contributed by atoms with Crippen molar-refractivity contribution in [1.29, 1.82) is 0 Å². The number of amides is 1. The van der Waals surface area contributed by atoms with E-state index in [-0.39, 0.29) is 30.3 Å². The highest BCUT2D eigenvalue weighted by atomic mass is 32.1. The third-order valence-electron chi connectivity index (χ3n) is 6.19. The van der Waals surface area contributed by atoms with Gasteiger partial charge in [0.25, 0.3) is 5.91 Å². The number of carboxylic acid groups (broad SMARTS) is 1. The molecule has 190 valence electrons. The Kier molecular flexibility index (Phi) is 8.07. The SMILES string of the molecule is CCOCC1=CC(CC(C)C)(C(=O)O)N(C(=O)c2ccc(C(C)(C)C)c(OC)c2)C1c1nccs1. The van der Waals surface area contributed by atoms with Crippen LogP contribution in [0, 0.1) is 5.92 Å². The fourth-order valence-corrected chi connectivity index (χ4v) is 5.51. The summed E-state index contributed by atoms with van der Waals surface area (Å²) < 4.78 is 11.3. The first-order valence-electron chi connectivity index (χ1n) is 11.9. The molecule has 2 heterocycles. The van der Waals surface area contributed by atoms with Crippen LogP contribution in [0.4, 0.5) is 0 Å². The van der Waals surface area contributed by atoms with Crippen molar-refractivity contribution in [2.24, 2.45) is 5.92 Å². The van der Waals surface area contributed by atoms with Crippen LogP contribution in [0.1, 0.15) is 74.9 Å². The summed E-state index contributed by atoms with van der Waals surface area (Å²) in [4.78, 5) is 33.1. The molecule has 0 saturated carbocycles. The summed E-state index contributed by atoms with van der Waals surface area (Å²) >= 11 is 1.40. The minimum atomic E-state index is -1.52. The lowest BCUT2D eigenvalue weighted by molar-refractivity contribution is -0.147. The smallest absolute Gasteiger partial charge is 0.333 e. The number of thiazole rings is 1. The van der Waals surface area contributed by atoms with Crippen LogP contribution in [0.15, 0.2) is 41.4 Å². The molecule has 0 saturated heterocycles. The Bertz CT molecular complexity index is 1090. The number of nitrogens with zero attached hydrogens (tertiary/aromatic N) is 2. The molecule has 35 heavy (non-hydrogen) atoms. The standard InChI is InChI=1S/C27H36N2O5S/c1-8-34-16-19-15-27(25(31)32,14-17(2)3)29(22(19)23-28-11-12-35-23)24(30)18-9-10-20(26(4,5)6)21(13-18)33-7/h9-13,15,17,22H,8,14,16H2,1-7H3,(H,31,32). The zero-order valence-electron chi connectivity index (χ0n) is 21.6. The van der Waals surface area contributed by atoms with Crippen molar-refractivity contribution in [3.05, 3.63) is 57.6 Å². The third-order valence-corrected chi connectivity index (χ3v) is 7.01. The molecule has 2 unspecified atom stereocenters. The number of hydrogen-bond acceptors (Lipinski definition) is 6. The molecule has 0 fully saturated rings. The van der Waals surface area contributed by atoms with Crippen LogP contribution >= 0.6 is 11.3 Å². The summed E-state index contributed by atoms with van der Waals surface area (Å²) in [7, 11) is 1.58. The summed E-state index contributed by atoms with van der Waals surface area (Å²) in [5.74, 6) is -0.819. The lowest BCUT2D eigenvalue weighted by Gasteiger charge is -2.39. The van der Waals surface area contributed by atoms with Crippen molar-refractivity contribution in [2.75, 3.05) is 20.3 Å². The lowest BCUT2D eigenvalue weighted by Crippen LogP contribution is -2.54. The number of ether oxygens (including phenoxy) is 2. The first-order valence-corrected chi connectivity index (χ1v) is 12.8. The third kappa shape index (κ3) is 5.28. The predicted molar refractivity (Wildman–Crippen MR) is 137 cm³/mol. The van der Waals surface area contributed by atoms with Crippen LogP contribution in [0.2, 0.25) is 0 Å². The predicted octanol–water partition coefficient (Wildman–Crippen LogP) is 5.48. The Morgan fingerprint density at radius 2 is 2.00 bits per heavy atom. The van der Waals surface area contributed by atoms with Crippen molar-refractivity contribution < 1.29 is 24.2 Å². The van der Waals surface area contributed by atoms with E-state index in [1.807, 2.05) is 32.2 Å². The van der Waals surface area contributed by atoms with Gasteiger partial charge < -0.3 is 19.5 Å². The van der Waals surface area contributed by atoms with E-state index in [4.69, 9.17) is 9.47 Å². The van der Waals surface area contributed by atoms with Crippen molar-refractivity contribution in [3.8, 4) is 5.75 Å². The second-order valence-electron chi connectivity index (χ2n) is 10.3. The summed E-state index contributed by atoms with van der Waals surface area (Å²) in [5.41, 5.74) is 0.368. The van der Waals surface area contributed by atoms with Crippen molar-refractivity contribution >= 4 is 23.2 Å².